The van der Waals surface area contributed by atoms with Crippen LogP contribution in [-0.2, 0) is 4.74 Å². The second-order valence-corrected chi connectivity index (χ2v) is 4.06. The molecule has 1 unspecified atom stereocenters. The van der Waals surface area contributed by atoms with E-state index in [0.29, 0.717) is 0 Å². The van der Waals surface area contributed by atoms with Gasteiger partial charge in [0.15, 0.2) is 0 Å². The van der Waals surface area contributed by atoms with Crippen LogP contribution in [0.5, 0.6) is 0 Å². The highest BCUT2D eigenvalue weighted by molar-refractivity contribution is 14.1. The van der Waals surface area contributed by atoms with Crippen molar-refractivity contribution in [1.82, 2.24) is 0 Å². The van der Waals surface area contributed by atoms with Gasteiger partial charge < -0.3 is 14.9 Å². The van der Waals surface area contributed by atoms with Crippen LogP contribution in [0, 0.1) is 0 Å². The van der Waals surface area contributed by atoms with E-state index in [9.17, 15) is 14.6 Å². The van der Waals surface area contributed by atoms with E-state index in [4.69, 9.17) is 4.74 Å². The minimum absolute atomic E-state index is 0.633. The van der Waals surface area contributed by atoms with Gasteiger partial charge in [0.1, 0.15) is 6.10 Å². The summed E-state index contributed by atoms with van der Waals surface area (Å²) in [6, 6.07) is 0. The molecule has 0 spiro atoms. The van der Waals surface area contributed by atoms with Crippen LogP contribution in [0.15, 0.2) is 0 Å². The Labute approximate surface area is 77.7 Å². The monoisotopic (exact) mass is 276 g/mol. The summed E-state index contributed by atoms with van der Waals surface area (Å²) in [6.07, 6.45) is -4.13. The lowest BCUT2D eigenvalue weighted by atomic mass is 10.0. The van der Waals surface area contributed by atoms with Gasteiger partial charge >= 0.3 is 0 Å². The summed E-state index contributed by atoms with van der Waals surface area (Å²) in [6.45, 7) is 1.53. The molecule has 66 valence electrons. The third-order valence-electron chi connectivity index (χ3n) is 1.75. The maximum absolute atomic E-state index is 12.8. The number of hydrogen-bond acceptors (Lipinski definition) is 3. The van der Waals surface area contributed by atoms with Gasteiger partial charge in [-0.2, -0.15) is 0 Å². The lowest BCUT2D eigenvalue weighted by Gasteiger charge is -2.35. The van der Waals surface area contributed by atoms with Gasteiger partial charge in [0.25, 0.3) is 0 Å². The number of rotatable bonds is 0. The molecule has 0 bridgehead atoms. The Morgan fingerprint density at radius 1 is 1.36 bits per heavy atom. The molecule has 5 heteroatoms. The molecule has 1 aliphatic rings. The zero-order valence-electron chi connectivity index (χ0n) is 5.95. The molecule has 0 radical (unpaired) electrons. The van der Waals surface area contributed by atoms with E-state index in [1.165, 1.54) is 6.92 Å². The van der Waals surface area contributed by atoms with E-state index in [1.54, 1.807) is 22.6 Å². The first-order valence-corrected chi connectivity index (χ1v) is 4.58. The highest BCUT2D eigenvalue weighted by Crippen LogP contribution is 2.27. The fourth-order valence-corrected chi connectivity index (χ4v) is 1.58. The van der Waals surface area contributed by atoms with Crippen molar-refractivity contribution in [2.45, 2.75) is 35.5 Å². The van der Waals surface area contributed by atoms with Crippen LogP contribution in [0.3, 0.4) is 0 Å². The summed E-state index contributed by atoms with van der Waals surface area (Å²) in [4.78, 5) is 0. The molecule has 0 aliphatic carbocycles. The van der Waals surface area contributed by atoms with Crippen molar-refractivity contribution in [1.29, 1.82) is 0 Å². The molecule has 1 saturated heterocycles. The normalized spacial score (nSPS) is 52.6. The van der Waals surface area contributed by atoms with Crippen LogP contribution in [0.2, 0.25) is 0 Å². The Hall–Kier alpha value is 0.540. The summed E-state index contributed by atoms with van der Waals surface area (Å²) in [5.41, 5.74) is 0. The van der Waals surface area contributed by atoms with Gasteiger partial charge in [0, 0.05) is 0 Å². The summed E-state index contributed by atoms with van der Waals surface area (Å²) in [7, 11) is 0. The summed E-state index contributed by atoms with van der Waals surface area (Å²) >= 11 is 1.72. The van der Waals surface area contributed by atoms with Gasteiger partial charge in [0.05, 0.1) is 16.1 Å². The second kappa shape index (κ2) is 3.51. The first kappa shape index (κ1) is 9.63. The molecule has 0 saturated carbocycles. The highest BCUT2D eigenvalue weighted by Gasteiger charge is 2.41. The number of alkyl halides is 2. The van der Waals surface area contributed by atoms with Crippen molar-refractivity contribution in [2.24, 2.45) is 0 Å². The molecule has 0 amide bonds. The molecule has 1 fully saturated rings. The number of halogens is 2. The van der Waals surface area contributed by atoms with Crippen LogP contribution in [0.25, 0.3) is 0 Å². The molecule has 0 aromatic heterocycles. The van der Waals surface area contributed by atoms with Crippen LogP contribution in [0.1, 0.15) is 6.92 Å². The highest BCUT2D eigenvalue weighted by atomic mass is 127. The maximum Gasteiger partial charge on any atom is 0.213 e. The minimum atomic E-state index is -1.48. The predicted octanol–water partition coefficient (Wildman–Crippen LogP) is 0.226. The van der Waals surface area contributed by atoms with Crippen LogP contribution in [-0.4, -0.2) is 38.8 Å². The molecule has 5 atom stereocenters. The second-order valence-electron chi connectivity index (χ2n) is 2.62. The maximum atomic E-state index is 12.8. The Kier molecular flexibility index (Phi) is 3.07. The van der Waals surface area contributed by atoms with Gasteiger partial charge in [-0.25, -0.2) is 4.39 Å². The summed E-state index contributed by atoms with van der Waals surface area (Å²) in [5, 5.41) is 18.4. The SMILES string of the molecule is C[C@@H]1OC(F)[C@@H](I)[C@H](O)[C@@H]1O. The van der Waals surface area contributed by atoms with E-state index in [0.717, 1.165) is 0 Å². The molecule has 0 aromatic carbocycles. The molecular formula is C6H10FIO3. The smallest absolute Gasteiger partial charge is 0.213 e. The predicted molar refractivity (Wildman–Crippen MR) is 45.3 cm³/mol. The fourth-order valence-electron chi connectivity index (χ4n) is 0.982. The zero-order valence-corrected chi connectivity index (χ0v) is 8.10. The van der Waals surface area contributed by atoms with Crippen molar-refractivity contribution < 1.29 is 19.3 Å². The number of ether oxygens (including phenoxy) is 1. The van der Waals surface area contributed by atoms with Crippen molar-refractivity contribution >= 4 is 22.6 Å². The van der Waals surface area contributed by atoms with E-state index < -0.39 is 28.6 Å². The first-order valence-electron chi connectivity index (χ1n) is 3.33. The van der Waals surface area contributed by atoms with Gasteiger partial charge in [0.2, 0.25) is 6.36 Å². The molecule has 0 aromatic rings. The Balaban J connectivity index is 2.63. The third-order valence-corrected chi connectivity index (χ3v) is 3.05. The topological polar surface area (TPSA) is 49.7 Å². The van der Waals surface area contributed by atoms with Crippen LogP contribution in [0.4, 0.5) is 4.39 Å². The summed E-state index contributed by atoms with van der Waals surface area (Å²) < 4.78 is 16.8. The van der Waals surface area contributed by atoms with E-state index in [1.807, 2.05) is 0 Å². The Bertz CT molecular complexity index is 132. The van der Waals surface area contributed by atoms with Gasteiger partial charge in [-0.3, -0.25) is 0 Å². The number of hydrogen-bond donors (Lipinski definition) is 2. The molecule has 1 rings (SSSR count). The average Bonchev–Trinajstić information content (AvgIpc) is 1.97. The lowest BCUT2D eigenvalue weighted by molar-refractivity contribution is -0.190. The van der Waals surface area contributed by atoms with Gasteiger partial charge in [-0.1, -0.05) is 22.6 Å². The lowest BCUT2D eigenvalue weighted by Crippen LogP contribution is -2.52. The number of aliphatic hydroxyl groups excluding tert-OH is 2. The van der Waals surface area contributed by atoms with E-state index >= 15 is 0 Å². The van der Waals surface area contributed by atoms with Crippen LogP contribution >= 0.6 is 22.6 Å². The average molecular weight is 276 g/mol. The molecule has 1 heterocycles. The van der Waals surface area contributed by atoms with Gasteiger partial charge in [-0.05, 0) is 6.92 Å². The van der Waals surface area contributed by atoms with Gasteiger partial charge in [-0.15, -0.1) is 0 Å². The molecule has 11 heavy (non-hydrogen) atoms. The quantitative estimate of drug-likeness (QED) is 0.492. The summed E-state index contributed by atoms with van der Waals surface area (Å²) in [5.74, 6) is 0. The molecular weight excluding hydrogens is 266 g/mol. The van der Waals surface area contributed by atoms with Crippen LogP contribution < -0.4 is 0 Å². The molecule has 2 N–H and O–H groups in total. The Morgan fingerprint density at radius 3 is 2.45 bits per heavy atom. The standard InChI is InChI=1S/C6H10FIO3/c1-2-4(9)5(10)3(8)6(7)11-2/h2-6,9-10H,1H3/t2-,3-,4+,5-,6?/m0/s1. The van der Waals surface area contributed by atoms with E-state index in [2.05, 4.69) is 0 Å². The third kappa shape index (κ3) is 1.82. The van der Waals surface area contributed by atoms with Crippen molar-refractivity contribution in [3.63, 3.8) is 0 Å². The van der Waals surface area contributed by atoms with Crippen molar-refractivity contribution in [3.8, 4) is 0 Å². The minimum Gasteiger partial charge on any atom is -0.389 e. The Morgan fingerprint density at radius 2 is 1.91 bits per heavy atom. The van der Waals surface area contributed by atoms with E-state index in [-0.39, 0.29) is 0 Å². The molecule has 1 aliphatic heterocycles. The number of aliphatic hydroxyl groups is 2. The van der Waals surface area contributed by atoms with Crippen molar-refractivity contribution in [2.75, 3.05) is 0 Å². The fraction of sp³-hybridized carbons (Fsp3) is 1.00. The first-order chi connectivity index (χ1) is 5.04. The zero-order chi connectivity index (χ0) is 8.59. The van der Waals surface area contributed by atoms with Crippen molar-refractivity contribution in [3.05, 3.63) is 0 Å². The molecule has 3 nitrogen and oxygen atoms in total. The largest absolute Gasteiger partial charge is 0.389 e.